The summed E-state index contributed by atoms with van der Waals surface area (Å²) in [5.41, 5.74) is 2.61. The number of ether oxygens (including phenoxy) is 4. The van der Waals surface area contributed by atoms with E-state index < -0.39 is 0 Å². The standard InChI is InChI=1S/C40H62O6/c1-8-23-43-31(25-41)11-9-10-20-38(4,5)36-16-15-33-32-14-13-29-24-30(18-21-39(29,6)34(32)19-22-40(33,36)7)45-37-17-12-27(2)35(46-37)26-44-28(3)42/h8,12-13,17,25,27,30-37H,1,9-11,14-16,18-24,26H2,2-7H3/t27?,30?,31?,32?,33?,34?,35-,36-,37?,39+,40?/m1/s1. The van der Waals surface area contributed by atoms with Crippen LogP contribution in [0.1, 0.15) is 119 Å². The number of allylic oxidation sites excluding steroid dienone is 1. The van der Waals surface area contributed by atoms with Crippen LogP contribution < -0.4 is 0 Å². The number of aldehydes is 1. The largest absolute Gasteiger partial charge is 0.463 e. The van der Waals surface area contributed by atoms with E-state index in [0.717, 1.165) is 62.1 Å². The Balaban J connectivity index is 1.17. The Morgan fingerprint density at radius 1 is 1.13 bits per heavy atom. The van der Waals surface area contributed by atoms with Crippen molar-refractivity contribution in [1.29, 1.82) is 0 Å². The number of rotatable bonds is 14. The predicted octanol–water partition coefficient (Wildman–Crippen LogP) is 8.79. The molecule has 4 aliphatic carbocycles. The van der Waals surface area contributed by atoms with Gasteiger partial charge in [0.05, 0.1) is 12.7 Å². The van der Waals surface area contributed by atoms with E-state index in [9.17, 15) is 9.59 Å². The highest BCUT2D eigenvalue weighted by atomic mass is 16.7. The summed E-state index contributed by atoms with van der Waals surface area (Å²) in [5, 5.41) is 0. The topological polar surface area (TPSA) is 71.1 Å². The van der Waals surface area contributed by atoms with Crippen LogP contribution >= 0.6 is 0 Å². The van der Waals surface area contributed by atoms with Crippen molar-refractivity contribution in [3.05, 3.63) is 36.5 Å². The van der Waals surface area contributed by atoms with E-state index in [2.05, 4.69) is 53.3 Å². The summed E-state index contributed by atoms with van der Waals surface area (Å²) in [6.07, 6.45) is 22.9. The molecule has 5 aliphatic rings. The van der Waals surface area contributed by atoms with E-state index in [4.69, 9.17) is 18.9 Å². The summed E-state index contributed by atoms with van der Waals surface area (Å²) in [6, 6.07) is 0. The number of carbonyl (C=O) groups is 2. The lowest BCUT2D eigenvalue weighted by Gasteiger charge is -2.59. The van der Waals surface area contributed by atoms with Gasteiger partial charge in [-0.1, -0.05) is 71.3 Å². The van der Waals surface area contributed by atoms with Crippen molar-refractivity contribution in [2.45, 2.75) is 143 Å². The van der Waals surface area contributed by atoms with Crippen LogP contribution in [0.3, 0.4) is 0 Å². The second-order valence-corrected chi connectivity index (χ2v) is 16.6. The van der Waals surface area contributed by atoms with Crippen LogP contribution in [0.2, 0.25) is 0 Å². The Labute approximate surface area is 279 Å². The highest BCUT2D eigenvalue weighted by Crippen LogP contribution is 2.68. The van der Waals surface area contributed by atoms with E-state index in [0.29, 0.717) is 17.4 Å². The molecule has 11 atom stereocenters. The molecule has 1 aliphatic heterocycles. The molecule has 0 bridgehead atoms. The molecule has 1 heterocycles. The van der Waals surface area contributed by atoms with Crippen LogP contribution in [0.4, 0.5) is 0 Å². The Morgan fingerprint density at radius 3 is 2.67 bits per heavy atom. The van der Waals surface area contributed by atoms with Crippen molar-refractivity contribution in [2.75, 3.05) is 13.2 Å². The average molecular weight is 639 g/mol. The van der Waals surface area contributed by atoms with E-state index in [-0.39, 0.29) is 48.5 Å². The third kappa shape index (κ3) is 7.44. The van der Waals surface area contributed by atoms with Gasteiger partial charge < -0.3 is 23.7 Å². The maximum absolute atomic E-state index is 11.4. The molecular formula is C40H62O6. The van der Waals surface area contributed by atoms with Crippen molar-refractivity contribution in [2.24, 2.45) is 45.8 Å². The van der Waals surface area contributed by atoms with Gasteiger partial charge in [0.25, 0.3) is 0 Å². The van der Waals surface area contributed by atoms with Gasteiger partial charge in [-0.2, -0.15) is 0 Å². The molecule has 0 radical (unpaired) electrons. The third-order valence-electron chi connectivity index (χ3n) is 13.4. The summed E-state index contributed by atoms with van der Waals surface area (Å²) < 4.78 is 23.6. The van der Waals surface area contributed by atoms with Gasteiger partial charge >= 0.3 is 5.97 Å². The molecule has 46 heavy (non-hydrogen) atoms. The van der Waals surface area contributed by atoms with Crippen molar-refractivity contribution in [3.63, 3.8) is 0 Å². The molecule has 5 rings (SSSR count). The molecular weight excluding hydrogens is 576 g/mol. The average Bonchev–Trinajstić information content (AvgIpc) is 3.39. The maximum atomic E-state index is 11.4. The minimum absolute atomic E-state index is 0.161. The van der Waals surface area contributed by atoms with Gasteiger partial charge in [0.15, 0.2) is 6.29 Å². The fourth-order valence-corrected chi connectivity index (χ4v) is 10.9. The zero-order valence-corrected chi connectivity index (χ0v) is 29.6. The van der Waals surface area contributed by atoms with Gasteiger partial charge in [-0.25, -0.2) is 0 Å². The molecule has 0 N–H and O–H groups in total. The number of hydrogen-bond acceptors (Lipinski definition) is 6. The van der Waals surface area contributed by atoms with Crippen molar-refractivity contribution in [1.82, 2.24) is 0 Å². The van der Waals surface area contributed by atoms with Gasteiger partial charge in [0.2, 0.25) is 0 Å². The highest BCUT2D eigenvalue weighted by molar-refractivity contribution is 5.65. The third-order valence-corrected chi connectivity index (χ3v) is 13.4. The first-order valence-electron chi connectivity index (χ1n) is 18.4. The van der Waals surface area contributed by atoms with Gasteiger partial charge in [0.1, 0.15) is 25.1 Å². The van der Waals surface area contributed by atoms with Crippen LogP contribution in [0.15, 0.2) is 36.5 Å². The summed E-state index contributed by atoms with van der Waals surface area (Å²) in [4.78, 5) is 22.7. The van der Waals surface area contributed by atoms with Crippen LogP contribution in [-0.4, -0.2) is 50.1 Å². The van der Waals surface area contributed by atoms with E-state index in [1.807, 2.05) is 6.08 Å². The molecule has 6 nitrogen and oxygen atoms in total. The molecule has 6 heteroatoms. The predicted molar refractivity (Wildman–Crippen MR) is 182 cm³/mol. The van der Waals surface area contributed by atoms with Gasteiger partial charge in [-0.3, -0.25) is 4.79 Å². The van der Waals surface area contributed by atoms with E-state index in [1.54, 1.807) is 11.6 Å². The first-order chi connectivity index (χ1) is 21.9. The second-order valence-electron chi connectivity index (χ2n) is 16.6. The normalized spacial score (nSPS) is 39.4. The molecule has 0 aromatic rings. The smallest absolute Gasteiger partial charge is 0.302 e. The summed E-state index contributed by atoms with van der Waals surface area (Å²) in [5.74, 6) is 3.03. The Bertz CT molecular complexity index is 1140. The number of unbranched alkanes of at least 4 members (excludes halogenated alkanes) is 1. The SMILES string of the molecule is C=CCOC(C=O)CCCCC(C)(C)[C@H]1CCC2C3CC=C4CC(OC5C=CC(C)[C@@H](COC(C)=O)O5)CC[C@]4(C)C3CCC21C. The zero-order chi connectivity index (χ0) is 33.1. The van der Waals surface area contributed by atoms with E-state index >= 15 is 0 Å². The molecule has 0 spiro atoms. The lowest BCUT2D eigenvalue weighted by molar-refractivity contribution is -0.199. The fraction of sp³-hybridized carbons (Fsp3) is 0.800. The minimum Gasteiger partial charge on any atom is -0.463 e. The van der Waals surface area contributed by atoms with Gasteiger partial charge in [-0.15, -0.1) is 6.58 Å². The Kier molecular flexibility index (Phi) is 11.4. The number of hydrogen-bond donors (Lipinski definition) is 0. The number of fused-ring (bicyclic) bond motifs is 5. The monoisotopic (exact) mass is 638 g/mol. The minimum atomic E-state index is -0.380. The van der Waals surface area contributed by atoms with Crippen molar-refractivity contribution < 1.29 is 28.5 Å². The van der Waals surface area contributed by atoms with E-state index in [1.165, 1.54) is 51.9 Å². The number of carbonyl (C=O) groups excluding carboxylic acids is 2. The molecule has 8 unspecified atom stereocenters. The van der Waals surface area contributed by atoms with Crippen molar-refractivity contribution >= 4 is 12.3 Å². The lowest BCUT2D eigenvalue weighted by atomic mass is 9.46. The van der Waals surface area contributed by atoms with Gasteiger partial charge in [0, 0.05) is 12.8 Å². The Hall–Kier alpha value is -1.76. The molecule has 0 aromatic heterocycles. The van der Waals surface area contributed by atoms with Crippen LogP contribution in [0, 0.1) is 45.8 Å². The first kappa shape index (κ1) is 35.5. The first-order valence-corrected chi connectivity index (χ1v) is 18.4. The highest BCUT2D eigenvalue weighted by Gasteiger charge is 2.60. The lowest BCUT2D eigenvalue weighted by Crippen LogP contribution is -2.52. The molecule has 258 valence electrons. The Morgan fingerprint density at radius 2 is 1.93 bits per heavy atom. The molecule has 3 fully saturated rings. The van der Waals surface area contributed by atoms with Crippen molar-refractivity contribution in [3.8, 4) is 0 Å². The molecule has 3 saturated carbocycles. The molecule has 0 amide bonds. The molecule has 0 saturated heterocycles. The zero-order valence-electron chi connectivity index (χ0n) is 29.6. The molecule has 0 aromatic carbocycles. The maximum Gasteiger partial charge on any atom is 0.302 e. The second kappa shape index (κ2) is 14.8. The van der Waals surface area contributed by atoms with Crippen LogP contribution in [0.25, 0.3) is 0 Å². The summed E-state index contributed by atoms with van der Waals surface area (Å²) in [6.45, 7) is 18.2. The summed E-state index contributed by atoms with van der Waals surface area (Å²) in [7, 11) is 0. The summed E-state index contributed by atoms with van der Waals surface area (Å²) >= 11 is 0. The quantitative estimate of drug-likeness (QED) is 0.0820. The fourth-order valence-electron chi connectivity index (χ4n) is 10.9. The van der Waals surface area contributed by atoms with Crippen LogP contribution in [-0.2, 0) is 28.5 Å². The number of esters is 1. The van der Waals surface area contributed by atoms with Gasteiger partial charge in [-0.05, 0) is 110 Å². The van der Waals surface area contributed by atoms with Crippen LogP contribution in [0.5, 0.6) is 0 Å².